The van der Waals surface area contributed by atoms with Gasteiger partial charge in [-0.2, -0.15) is 17.7 Å². The zero-order chi connectivity index (χ0) is 25.5. The van der Waals surface area contributed by atoms with Crippen LogP contribution in [0.4, 0.5) is 4.39 Å². The number of carbonyl (C=O) groups excluding carboxylic acids is 2. The molecule has 10 heteroatoms. The average Bonchev–Trinajstić information content (AvgIpc) is 3.54. The van der Waals surface area contributed by atoms with Gasteiger partial charge in [0, 0.05) is 23.4 Å². The van der Waals surface area contributed by atoms with Crippen LogP contribution in [0, 0.1) is 5.82 Å². The summed E-state index contributed by atoms with van der Waals surface area (Å²) in [6.45, 7) is 2.98. The molecule has 0 spiro atoms. The number of ether oxygens (including phenoxy) is 1. The van der Waals surface area contributed by atoms with Crippen molar-refractivity contribution in [1.82, 2.24) is 25.4 Å². The first-order valence-electron chi connectivity index (χ1n) is 11.9. The molecular formula is C26H30FN5O3S. The van der Waals surface area contributed by atoms with Gasteiger partial charge >= 0.3 is 0 Å². The number of aromatic nitrogens is 3. The number of thiol groups is 1. The highest BCUT2D eigenvalue weighted by atomic mass is 32.1. The Balaban J connectivity index is 1.46. The fraction of sp³-hybridized carbons (Fsp3) is 0.385. The molecule has 1 amide bonds. The largest absolute Gasteiger partial charge is 0.492 e. The van der Waals surface area contributed by atoms with Gasteiger partial charge in [-0.1, -0.05) is 18.2 Å². The van der Waals surface area contributed by atoms with Gasteiger partial charge < -0.3 is 15.4 Å². The van der Waals surface area contributed by atoms with Gasteiger partial charge in [-0.3, -0.25) is 9.59 Å². The van der Waals surface area contributed by atoms with Crippen molar-refractivity contribution in [3.63, 3.8) is 0 Å². The molecule has 4 rings (SSSR count). The van der Waals surface area contributed by atoms with Gasteiger partial charge in [0.05, 0.1) is 6.04 Å². The van der Waals surface area contributed by atoms with E-state index in [4.69, 9.17) is 4.74 Å². The topological polar surface area (TPSA) is 98.1 Å². The van der Waals surface area contributed by atoms with Crippen LogP contribution in [0.15, 0.2) is 55.1 Å². The molecule has 0 saturated carbocycles. The Labute approximate surface area is 215 Å². The second-order valence-electron chi connectivity index (χ2n) is 9.01. The van der Waals surface area contributed by atoms with Crippen molar-refractivity contribution in [2.24, 2.45) is 0 Å². The summed E-state index contributed by atoms with van der Waals surface area (Å²) in [6.07, 6.45) is 4.93. The highest BCUT2D eigenvalue weighted by Crippen LogP contribution is 2.22. The minimum Gasteiger partial charge on any atom is -0.492 e. The standard InChI is InChI=1S/C26H30FN5O3S/c1-17(25(33)13-32-16-28-15-30-32)31-26(34)24-11-22(35-14-21-10-23(36)12-29-21)9-6-19(24)5-2-18-3-7-20(27)8-4-18/h3-4,6-9,11,15-17,21,23,29,36H,2,5,10,12-14H2,1H3,(H,31,34)/t17-,21+,23+/m1/s1. The van der Waals surface area contributed by atoms with Gasteiger partial charge in [-0.25, -0.2) is 14.1 Å². The van der Waals surface area contributed by atoms with Crippen LogP contribution < -0.4 is 15.4 Å². The third-order valence-corrected chi connectivity index (χ3v) is 6.58. The molecule has 1 fully saturated rings. The summed E-state index contributed by atoms with van der Waals surface area (Å²) in [4.78, 5) is 29.7. The molecule has 0 aliphatic carbocycles. The number of carbonyl (C=O) groups is 2. The van der Waals surface area contributed by atoms with E-state index < -0.39 is 6.04 Å². The first-order valence-corrected chi connectivity index (χ1v) is 12.5. The SMILES string of the molecule is C[C@@H](NC(=O)c1cc(OC[C@@H]2C[C@H](S)CN2)ccc1CCc1ccc(F)cc1)C(=O)Cn1cncn1. The predicted molar refractivity (Wildman–Crippen MR) is 137 cm³/mol. The third-order valence-electron chi connectivity index (χ3n) is 6.19. The van der Waals surface area contributed by atoms with E-state index in [9.17, 15) is 14.0 Å². The van der Waals surface area contributed by atoms with Crippen molar-refractivity contribution in [1.29, 1.82) is 0 Å². The summed E-state index contributed by atoms with van der Waals surface area (Å²) >= 11 is 4.50. The Hall–Kier alpha value is -3.24. The summed E-state index contributed by atoms with van der Waals surface area (Å²) in [6, 6.07) is 11.3. The molecule has 1 saturated heterocycles. The summed E-state index contributed by atoms with van der Waals surface area (Å²) in [5.41, 5.74) is 2.23. The second-order valence-corrected chi connectivity index (χ2v) is 9.74. The van der Waals surface area contributed by atoms with Crippen molar-refractivity contribution in [2.75, 3.05) is 13.2 Å². The molecule has 190 valence electrons. The number of benzene rings is 2. The number of aryl methyl sites for hydroxylation is 2. The Morgan fingerprint density at radius 3 is 2.75 bits per heavy atom. The molecule has 3 aromatic rings. The Kier molecular flexibility index (Phi) is 8.71. The first-order chi connectivity index (χ1) is 17.4. The van der Waals surface area contributed by atoms with Crippen LogP contribution in [-0.2, 0) is 24.2 Å². The van der Waals surface area contributed by atoms with E-state index in [-0.39, 0.29) is 30.1 Å². The molecule has 36 heavy (non-hydrogen) atoms. The maximum atomic E-state index is 13.3. The molecule has 8 nitrogen and oxygen atoms in total. The number of halogens is 1. The van der Waals surface area contributed by atoms with Crippen LogP contribution in [0.3, 0.4) is 0 Å². The van der Waals surface area contributed by atoms with Crippen LogP contribution in [0.5, 0.6) is 5.75 Å². The molecule has 0 radical (unpaired) electrons. The number of ketones is 1. The van der Waals surface area contributed by atoms with Gasteiger partial charge in [-0.05, 0) is 61.6 Å². The highest BCUT2D eigenvalue weighted by molar-refractivity contribution is 7.81. The molecule has 1 aromatic heterocycles. The number of amides is 1. The quantitative estimate of drug-likeness (QED) is 0.343. The monoisotopic (exact) mass is 511 g/mol. The average molecular weight is 512 g/mol. The lowest BCUT2D eigenvalue weighted by atomic mass is 9.98. The fourth-order valence-corrected chi connectivity index (χ4v) is 4.45. The highest BCUT2D eigenvalue weighted by Gasteiger charge is 2.23. The van der Waals surface area contributed by atoms with Crippen molar-refractivity contribution in [2.45, 2.75) is 50.1 Å². The number of nitrogens with one attached hydrogen (secondary N) is 2. The summed E-state index contributed by atoms with van der Waals surface area (Å²) in [5, 5.41) is 10.4. The molecule has 2 N–H and O–H groups in total. The van der Waals surface area contributed by atoms with Crippen LogP contribution in [0.1, 0.15) is 34.8 Å². The lowest BCUT2D eigenvalue weighted by Gasteiger charge is -2.17. The summed E-state index contributed by atoms with van der Waals surface area (Å²) in [5.74, 6) is -0.256. The van der Waals surface area contributed by atoms with Crippen LogP contribution in [0.2, 0.25) is 0 Å². The maximum absolute atomic E-state index is 13.3. The number of Topliss-reactive ketones (excluding diaryl/α,β-unsaturated/α-hetero) is 1. The predicted octanol–water partition coefficient (Wildman–Crippen LogP) is 2.63. The normalized spacial score (nSPS) is 18.1. The Morgan fingerprint density at radius 1 is 1.25 bits per heavy atom. The van der Waals surface area contributed by atoms with E-state index in [1.54, 1.807) is 25.1 Å². The van der Waals surface area contributed by atoms with Crippen LogP contribution >= 0.6 is 12.6 Å². The first kappa shape index (κ1) is 25.8. The summed E-state index contributed by atoms with van der Waals surface area (Å²) in [7, 11) is 0. The van der Waals surface area contributed by atoms with E-state index >= 15 is 0 Å². The van der Waals surface area contributed by atoms with E-state index in [1.807, 2.05) is 12.1 Å². The molecule has 2 aromatic carbocycles. The van der Waals surface area contributed by atoms with Crippen LogP contribution in [0.25, 0.3) is 0 Å². The van der Waals surface area contributed by atoms with E-state index in [1.165, 1.54) is 29.5 Å². The summed E-state index contributed by atoms with van der Waals surface area (Å²) < 4.78 is 20.7. The molecule has 0 unspecified atom stereocenters. The van der Waals surface area contributed by atoms with Crippen molar-refractivity contribution < 1.29 is 18.7 Å². The lowest BCUT2D eigenvalue weighted by Crippen LogP contribution is -2.40. The van der Waals surface area contributed by atoms with Gasteiger partial charge in [-0.15, -0.1) is 0 Å². The van der Waals surface area contributed by atoms with E-state index in [0.717, 1.165) is 24.1 Å². The Morgan fingerprint density at radius 2 is 2.06 bits per heavy atom. The van der Waals surface area contributed by atoms with Crippen molar-refractivity contribution >= 4 is 24.3 Å². The minimum atomic E-state index is -0.716. The molecule has 0 bridgehead atoms. The maximum Gasteiger partial charge on any atom is 0.252 e. The molecular weight excluding hydrogens is 481 g/mol. The fourth-order valence-electron chi connectivity index (χ4n) is 4.09. The molecule has 3 atom stereocenters. The smallest absolute Gasteiger partial charge is 0.252 e. The second kappa shape index (κ2) is 12.1. The van der Waals surface area contributed by atoms with E-state index in [2.05, 4.69) is 33.3 Å². The number of hydrogen-bond acceptors (Lipinski definition) is 7. The van der Waals surface area contributed by atoms with Crippen molar-refractivity contribution in [3.05, 3.63) is 77.6 Å². The van der Waals surface area contributed by atoms with Crippen LogP contribution in [-0.4, -0.2) is 56.9 Å². The minimum absolute atomic E-state index is 0.0164. The zero-order valence-corrected chi connectivity index (χ0v) is 21.0. The molecule has 1 aliphatic heterocycles. The van der Waals surface area contributed by atoms with Gasteiger partial charge in [0.25, 0.3) is 5.91 Å². The van der Waals surface area contributed by atoms with E-state index in [0.29, 0.717) is 36.0 Å². The lowest BCUT2D eigenvalue weighted by molar-refractivity contribution is -0.121. The van der Waals surface area contributed by atoms with Crippen molar-refractivity contribution in [3.8, 4) is 5.75 Å². The molecule has 2 heterocycles. The Bertz CT molecular complexity index is 1170. The zero-order valence-electron chi connectivity index (χ0n) is 20.1. The molecule has 1 aliphatic rings. The number of hydrogen-bond donors (Lipinski definition) is 3. The third kappa shape index (κ3) is 7.14. The number of rotatable bonds is 11. The van der Waals surface area contributed by atoms with Gasteiger partial charge in [0.15, 0.2) is 5.78 Å². The van der Waals surface area contributed by atoms with Gasteiger partial charge in [0.1, 0.15) is 37.4 Å². The number of nitrogens with zero attached hydrogens (tertiary/aromatic N) is 3. The van der Waals surface area contributed by atoms with Gasteiger partial charge in [0.2, 0.25) is 0 Å².